The lowest BCUT2D eigenvalue weighted by Gasteiger charge is -2.38. The Labute approximate surface area is 159 Å². The molecule has 9 heteroatoms. The molecule has 1 aromatic heterocycles. The van der Waals surface area contributed by atoms with Gasteiger partial charge in [0.2, 0.25) is 0 Å². The molecular formula is C18H26N4O4S. The number of para-hydroxylation sites is 1. The molecule has 1 aliphatic heterocycles. The fraction of sp³-hybridized carbons (Fsp3) is 0.556. The normalized spacial score (nSPS) is 18.3. The highest BCUT2D eigenvalue weighted by Gasteiger charge is 2.38. The van der Waals surface area contributed by atoms with Crippen molar-refractivity contribution in [1.29, 1.82) is 0 Å². The molecule has 1 fully saturated rings. The first-order valence-electron chi connectivity index (χ1n) is 9.06. The highest BCUT2D eigenvalue weighted by molar-refractivity contribution is 7.86. The van der Waals surface area contributed by atoms with Gasteiger partial charge in [-0.05, 0) is 25.0 Å². The third-order valence-corrected chi connectivity index (χ3v) is 7.09. The zero-order chi connectivity index (χ0) is 19.8. The zero-order valence-corrected chi connectivity index (χ0v) is 16.7. The summed E-state index contributed by atoms with van der Waals surface area (Å²) in [5.74, 6) is 0.621. The van der Waals surface area contributed by atoms with Crippen molar-refractivity contribution < 1.29 is 13.5 Å². The summed E-state index contributed by atoms with van der Waals surface area (Å²) in [6, 6.07) is 7.17. The second-order valence-corrected chi connectivity index (χ2v) is 9.35. The third-order valence-electron chi connectivity index (χ3n) is 5.15. The number of hydrogen-bond acceptors (Lipinski definition) is 5. The van der Waals surface area contributed by atoms with E-state index in [-0.39, 0.29) is 38.0 Å². The molecule has 0 bridgehead atoms. The molecule has 0 amide bonds. The van der Waals surface area contributed by atoms with E-state index in [1.165, 1.54) is 22.7 Å². The second kappa shape index (κ2) is 7.31. The quantitative estimate of drug-likeness (QED) is 0.801. The third kappa shape index (κ3) is 3.77. The van der Waals surface area contributed by atoms with Crippen LogP contribution in [0.5, 0.6) is 0 Å². The van der Waals surface area contributed by atoms with Crippen molar-refractivity contribution in [3.63, 3.8) is 0 Å². The van der Waals surface area contributed by atoms with Crippen LogP contribution in [0.25, 0.3) is 10.9 Å². The molecule has 1 aliphatic rings. The van der Waals surface area contributed by atoms with Crippen LogP contribution in [0, 0.1) is 0 Å². The molecule has 8 nitrogen and oxygen atoms in total. The molecule has 0 aliphatic carbocycles. The number of benzene rings is 1. The van der Waals surface area contributed by atoms with E-state index in [1.807, 2.05) is 13.0 Å². The minimum atomic E-state index is -3.50. The van der Waals surface area contributed by atoms with Gasteiger partial charge in [-0.3, -0.25) is 9.36 Å². The Morgan fingerprint density at radius 3 is 2.44 bits per heavy atom. The van der Waals surface area contributed by atoms with Crippen LogP contribution >= 0.6 is 0 Å². The van der Waals surface area contributed by atoms with Gasteiger partial charge in [0.15, 0.2) is 0 Å². The lowest BCUT2D eigenvalue weighted by molar-refractivity contribution is -0.0214. The van der Waals surface area contributed by atoms with Gasteiger partial charge < -0.3 is 5.11 Å². The van der Waals surface area contributed by atoms with Crippen LogP contribution in [0.2, 0.25) is 0 Å². The Bertz CT molecular complexity index is 992. The SMILES string of the molecule is CCc1nc2ccccc2c(=O)n1CC1(O)CCN(S(=O)(=O)N(C)C)CC1. The van der Waals surface area contributed by atoms with Gasteiger partial charge in [0.05, 0.1) is 23.0 Å². The first-order valence-corrected chi connectivity index (χ1v) is 10.5. The summed E-state index contributed by atoms with van der Waals surface area (Å²) in [7, 11) is -0.518. The van der Waals surface area contributed by atoms with E-state index in [2.05, 4.69) is 4.98 Å². The molecule has 3 rings (SSSR count). The van der Waals surface area contributed by atoms with Gasteiger partial charge in [0.25, 0.3) is 15.8 Å². The van der Waals surface area contributed by atoms with Crippen LogP contribution in [-0.2, 0) is 23.2 Å². The minimum Gasteiger partial charge on any atom is -0.388 e. The van der Waals surface area contributed by atoms with E-state index in [4.69, 9.17) is 0 Å². The number of hydrogen-bond donors (Lipinski definition) is 1. The van der Waals surface area contributed by atoms with E-state index in [1.54, 1.807) is 22.8 Å². The zero-order valence-electron chi connectivity index (χ0n) is 15.9. The summed E-state index contributed by atoms with van der Waals surface area (Å²) < 4.78 is 28.6. The van der Waals surface area contributed by atoms with Gasteiger partial charge in [-0.1, -0.05) is 19.1 Å². The van der Waals surface area contributed by atoms with Crippen molar-refractivity contribution in [2.24, 2.45) is 0 Å². The number of nitrogens with zero attached hydrogens (tertiary/aromatic N) is 4. The van der Waals surface area contributed by atoms with Crippen LogP contribution in [-0.4, -0.2) is 64.5 Å². The highest BCUT2D eigenvalue weighted by atomic mass is 32.2. The summed E-state index contributed by atoms with van der Waals surface area (Å²) in [4.78, 5) is 17.5. The average Bonchev–Trinajstić information content (AvgIpc) is 2.64. The fourth-order valence-corrected chi connectivity index (χ4v) is 4.57. The molecule has 0 atom stereocenters. The van der Waals surface area contributed by atoms with Crippen LogP contribution in [0.3, 0.4) is 0 Å². The highest BCUT2D eigenvalue weighted by Crippen LogP contribution is 2.26. The Balaban J connectivity index is 1.88. The number of aromatic nitrogens is 2. The second-order valence-electron chi connectivity index (χ2n) is 7.20. The topological polar surface area (TPSA) is 95.7 Å². The van der Waals surface area contributed by atoms with Gasteiger partial charge in [-0.25, -0.2) is 4.98 Å². The van der Waals surface area contributed by atoms with E-state index < -0.39 is 15.8 Å². The van der Waals surface area contributed by atoms with Gasteiger partial charge in [0, 0.05) is 33.6 Å². The Morgan fingerprint density at radius 2 is 1.85 bits per heavy atom. The summed E-state index contributed by atoms with van der Waals surface area (Å²) in [5, 5.41) is 11.6. The van der Waals surface area contributed by atoms with Gasteiger partial charge in [-0.2, -0.15) is 17.0 Å². The molecule has 0 unspecified atom stereocenters. The standard InChI is InChI=1S/C18H26N4O4S/c1-4-16-19-15-8-6-5-7-14(15)17(23)22(16)13-18(24)9-11-21(12-10-18)27(25,26)20(2)3/h5-8,24H,4,9-13H2,1-3H3. The van der Waals surface area contributed by atoms with E-state index >= 15 is 0 Å². The number of aliphatic hydroxyl groups is 1. The molecule has 1 aromatic carbocycles. The molecule has 1 saturated heterocycles. The predicted molar refractivity (Wildman–Crippen MR) is 104 cm³/mol. The Morgan fingerprint density at radius 1 is 1.22 bits per heavy atom. The number of aryl methyl sites for hydroxylation is 1. The largest absolute Gasteiger partial charge is 0.388 e. The summed E-state index contributed by atoms with van der Waals surface area (Å²) in [6.07, 6.45) is 1.10. The predicted octanol–water partition coefficient (Wildman–Crippen LogP) is 0.592. The van der Waals surface area contributed by atoms with E-state index in [0.717, 1.165) is 0 Å². The van der Waals surface area contributed by atoms with Crippen LogP contribution in [0.1, 0.15) is 25.6 Å². The van der Waals surface area contributed by atoms with Crippen molar-refractivity contribution >= 4 is 21.1 Å². The maximum atomic E-state index is 12.9. The summed E-state index contributed by atoms with van der Waals surface area (Å²) >= 11 is 0. The van der Waals surface area contributed by atoms with Crippen molar-refractivity contribution in [2.45, 2.75) is 38.3 Å². The molecule has 0 radical (unpaired) electrons. The number of fused-ring (bicyclic) bond motifs is 1. The number of piperidine rings is 1. The average molecular weight is 394 g/mol. The Kier molecular flexibility index (Phi) is 5.40. The van der Waals surface area contributed by atoms with Crippen molar-refractivity contribution in [2.75, 3.05) is 27.2 Å². The minimum absolute atomic E-state index is 0.114. The van der Waals surface area contributed by atoms with Gasteiger partial charge >= 0.3 is 0 Å². The van der Waals surface area contributed by atoms with Gasteiger partial charge in [-0.15, -0.1) is 0 Å². The van der Waals surface area contributed by atoms with E-state index in [0.29, 0.717) is 23.1 Å². The monoisotopic (exact) mass is 394 g/mol. The molecule has 148 valence electrons. The Hall–Kier alpha value is -1.81. The number of rotatable bonds is 5. The first kappa shape index (κ1) is 19.9. The van der Waals surface area contributed by atoms with Crippen molar-refractivity contribution in [3.05, 3.63) is 40.4 Å². The lowest BCUT2D eigenvalue weighted by atomic mass is 9.92. The summed E-state index contributed by atoms with van der Waals surface area (Å²) in [5.41, 5.74) is -0.667. The molecule has 2 aromatic rings. The fourth-order valence-electron chi connectivity index (χ4n) is 3.46. The molecule has 1 N–H and O–H groups in total. The molecule has 0 spiro atoms. The molecule has 27 heavy (non-hydrogen) atoms. The smallest absolute Gasteiger partial charge is 0.281 e. The van der Waals surface area contributed by atoms with Crippen LogP contribution in [0.4, 0.5) is 0 Å². The molecule has 2 heterocycles. The lowest BCUT2D eigenvalue weighted by Crippen LogP contribution is -2.52. The molecular weight excluding hydrogens is 368 g/mol. The van der Waals surface area contributed by atoms with Crippen LogP contribution < -0.4 is 5.56 Å². The molecule has 0 saturated carbocycles. The van der Waals surface area contributed by atoms with Gasteiger partial charge in [0.1, 0.15) is 5.82 Å². The summed E-state index contributed by atoms with van der Waals surface area (Å²) in [6.45, 7) is 2.47. The maximum absolute atomic E-state index is 12.9. The van der Waals surface area contributed by atoms with Crippen molar-refractivity contribution in [1.82, 2.24) is 18.2 Å². The van der Waals surface area contributed by atoms with Crippen LogP contribution in [0.15, 0.2) is 29.1 Å². The van der Waals surface area contributed by atoms with Crippen molar-refractivity contribution in [3.8, 4) is 0 Å². The first-order chi connectivity index (χ1) is 12.7. The van der Waals surface area contributed by atoms with E-state index in [9.17, 15) is 18.3 Å². The maximum Gasteiger partial charge on any atom is 0.281 e.